The Morgan fingerprint density at radius 2 is 2.16 bits per heavy atom. The van der Waals surface area contributed by atoms with Gasteiger partial charge in [0.25, 0.3) is 0 Å². The number of nitrogens with one attached hydrogen (secondary N) is 1. The lowest BCUT2D eigenvalue weighted by Gasteiger charge is -2.25. The van der Waals surface area contributed by atoms with E-state index >= 15 is 0 Å². The maximum Gasteiger partial charge on any atom is 0.227 e. The van der Waals surface area contributed by atoms with Gasteiger partial charge in [0, 0.05) is 25.7 Å². The molecule has 0 spiro atoms. The Kier molecular flexibility index (Phi) is 4.67. The van der Waals surface area contributed by atoms with E-state index in [0.717, 1.165) is 37.6 Å². The Bertz CT molecular complexity index is 799. The fourth-order valence-electron chi connectivity index (χ4n) is 3.04. The van der Waals surface area contributed by atoms with Crippen LogP contribution in [0.15, 0.2) is 33.7 Å². The maximum atomic E-state index is 12.2. The Morgan fingerprint density at radius 1 is 1.28 bits per heavy atom. The lowest BCUT2D eigenvalue weighted by Crippen LogP contribution is -2.35. The maximum absolute atomic E-state index is 12.2. The van der Waals surface area contributed by atoms with Crippen LogP contribution in [0.2, 0.25) is 0 Å². The van der Waals surface area contributed by atoms with E-state index in [0.29, 0.717) is 25.5 Å². The smallest absolute Gasteiger partial charge is 0.227 e. The van der Waals surface area contributed by atoms with Crippen molar-refractivity contribution in [1.82, 2.24) is 9.88 Å². The van der Waals surface area contributed by atoms with Crippen molar-refractivity contribution >= 4 is 5.82 Å². The predicted octanol–water partition coefficient (Wildman–Crippen LogP) is 1.41. The first kappa shape index (κ1) is 16.1. The van der Waals surface area contributed by atoms with E-state index in [9.17, 15) is 4.79 Å². The summed E-state index contributed by atoms with van der Waals surface area (Å²) >= 11 is 0. The van der Waals surface area contributed by atoms with Crippen molar-refractivity contribution in [3.63, 3.8) is 0 Å². The van der Waals surface area contributed by atoms with Gasteiger partial charge in [-0.15, -0.1) is 0 Å². The average molecular weight is 343 g/mol. The number of hydrogen-bond donors (Lipinski definition) is 1. The van der Waals surface area contributed by atoms with Crippen LogP contribution in [0.5, 0.6) is 5.75 Å². The minimum atomic E-state index is -0.172. The topological polar surface area (TPSA) is 76.8 Å². The van der Waals surface area contributed by atoms with Gasteiger partial charge in [0.05, 0.1) is 25.5 Å². The summed E-state index contributed by atoms with van der Waals surface area (Å²) in [5.41, 5.74) is 1.83. The lowest BCUT2D eigenvalue weighted by molar-refractivity contribution is 0.0310. The summed E-state index contributed by atoms with van der Waals surface area (Å²) in [5, 5.41) is 3.24. The van der Waals surface area contributed by atoms with Crippen LogP contribution in [-0.2, 0) is 24.3 Å². The molecule has 0 atom stereocenters. The summed E-state index contributed by atoms with van der Waals surface area (Å²) < 4.78 is 16.5. The molecule has 7 nitrogen and oxygen atoms in total. The number of hydrogen-bond acceptors (Lipinski definition) is 7. The molecule has 7 heteroatoms. The zero-order valence-electron chi connectivity index (χ0n) is 14.0. The SMILES string of the molecule is O=c1cc(CN2CCOCC2)occ1OCc1ccc2c(n1)NCC2. The minimum Gasteiger partial charge on any atom is -0.480 e. The molecular formula is C18H21N3O4. The first-order valence-corrected chi connectivity index (χ1v) is 8.55. The molecule has 0 saturated carbocycles. The number of anilines is 1. The summed E-state index contributed by atoms with van der Waals surface area (Å²) in [6.07, 6.45) is 2.39. The fourth-order valence-corrected chi connectivity index (χ4v) is 3.04. The molecule has 132 valence electrons. The van der Waals surface area contributed by atoms with Crippen LogP contribution < -0.4 is 15.5 Å². The van der Waals surface area contributed by atoms with E-state index < -0.39 is 0 Å². The van der Waals surface area contributed by atoms with Crippen LogP contribution in [0.4, 0.5) is 5.82 Å². The third-order valence-electron chi connectivity index (χ3n) is 4.43. The Morgan fingerprint density at radius 3 is 3.00 bits per heavy atom. The highest BCUT2D eigenvalue weighted by Crippen LogP contribution is 2.20. The molecule has 0 bridgehead atoms. The van der Waals surface area contributed by atoms with Crippen LogP contribution in [0.25, 0.3) is 0 Å². The molecule has 1 saturated heterocycles. The van der Waals surface area contributed by atoms with Crippen molar-refractivity contribution in [1.29, 1.82) is 0 Å². The highest BCUT2D eigenvalue weighted by atomic mass is 16.5. The summed E-state index contributed by atoms with van der Waals surface area (Å²) in [5.74, 6) is 1.76. The first-order chi connectivity index (χ1) is 12.3. The summed E-state index contributed by atoms with van der Waals surface area (Å²) in [7, 11) is 0. The molecule has 25 heavy (non-hydrogen) atoms. The first-order valence-electron chi connectivity index (χ1n) is 8.55. The zero-order chi connectivity index (χ0) is 17.1. The van der Waals surface area contributed by atoms with Gasteiger partial charge in [0.2, 0.25) is 11.2 Å². The molecule has 0 unspecified atom stereocenters. The van der Waals surface area contributed by atoms with Crippen molar-refractivity contribution in [3.8, 4) is 5.75 Å². The second-order valence-electron chi connectivity index (χ2n) is 6.24. The summed E-state index contributed by atoms with van der Waals surface area (Å²) in [6, 6.07) is 5.48. The Balaban J connectivity index is 1.38. The van der Waals surface area contributed by atoms with Crippen molar-refractivity contribution in [3.05, 3.63) is 51.7 Å². The minimum absolute atomic E-state index is 0.172. The number of nitrogens with zero attached hydrogens (tertiary/aromatic N) is 2. The van der Waals surface area contributed by atoms with Gasteiger partial charge < -0.3 is 19.2 Å². The number of fused-ring (bicyclic) bond motifs is 1. The lowest BCUT2D eigenvalue weighted by atomic mass is 10.2. The van der Waals surface area contributed by atoms with E-state index in [2.05, 4.69) is 21.3 Å². The van der Waals surface area contributed by atoms with Crippen LogP contribution in [0.3, 0.4) is 0 Å². The van der Waals surface area contributed by atoms with Gasteiger partial charge in [-0.2, -0.15) is 0 Å². The zero-order valence-corrected chi connectivity index (χ0v) is 14.0. The molecule has 2 aromatic rings. The molecule has 1 N–H and O–H groups in total. The molecule has 2 aromatic heterocycles. The molecule has 2 aliphatic rings. The monoisotopic (exact) mass is 343 g/mol. The molecule has 2 aliphatic heterocycles. The quantitative estimate of drug-likeness (QED) is 0.879. The molecule has 0 aromatic carbocycles. The van der Waals surface area contributed by atoms with Crippen LogP contribution in [0.1, 0.15) is 17.0 Å². The van der Waals surface area contributed by atoms with Gasteiger partial charge >= 0.3 is 0 Å². The predicted molar refractivity (Wildman–Crippen MR) is 91.8 cm³/mol. The largest absolute Gasteiger partial charge is 0.480 e. The number of aromatic nitrogens is 1. The van der Waals surface area contributed by atoms with Crippen LogP contribution in [0, 0.1) is 0 Å². The number of morpholine rings is 1. The van der Waals surface area contributed by atoms with E-state index in [-0.39, 0.29) is 17.8 Å². The van der Waals surface area contributed by atoms with Gasteiger partial charge in [-0.1, -0.05) is 6.07 Å². The van der Waals surface area contributed by atoms with Crippen molar-refractivity contribution in [2.24, 2.45) is 0 Å². The summed E-state index contributed by atoms with van der Waals surface area (Å²) in [4.78, 5) is 18.9. The van der Waals surface area contributed by atoms with Crippen molar-refractivity contribution in [2.75, 3.05) is 38.2 Å². The van der Waals surface area contributed by atoms with E-state index in [4.69, 9.17) is 13.9 Å². The molecule has 0 aliphatic carbocycles. The van der Waals surface area contributed by atoms with E-state index in [1.807, 2.05) is 6.07 Å². The second kappa shape index (κ2) is 7.25. The normalized spacial score (nSPS) is 17.1. The number of ether oxygens (including phenoxy) is 2. The third kappa shape index (κ3) is 3.83. The number of pyridine rings is 1. The molecule has 1 fully saturated rings. The van der Waals surface area contributed by atoms with Crippen LogP contribution >= 0.6 is 0 Å². The third-order valence-corrected chi connectivity index (χ3v) is 4.43. The molecular weight excluding hydrogens is 322 g/mol. The van der Waals surface area contributed by atoms with Crippen molar-refractivity contribution < 1.29 is 13.9 Å². The van der Waals surface area contributed by atoms with Crippen LogP contribution in [-0.4, -0.2) is 42.7 Å². The second-order valence-corrected chi connectivity index (χ2v) is 6.24. The molecule has 0 amide bonds. The van der Waals surface area contributed by atoms with E-state index in [1.165, 1.54) is 17.9 Å². The average Bonchev–Trinajstić information content (AvgIpc) is 3.10. The van der Waals surface area contributed by atoms with Gasteiger partial charge in [0.1, 0.15) is 24.4 Å². The molecule has 4 heterocycles. The standard InChI is InChI=1S/C18H21N3O4/c22-16-9-15(10-21-5-7-23-8-6-21)24-12-17(16)25-11-14-2-1-13-3-4-19-18(13)20-14/h1-2,9,12H,3-8,10-11H2,(H,19,20). The highest BCUT2D eigenvalue weighted by molar-refractivity contribution is 5.49. The molecule has 4 rings (SSSR count). The highest BCUT2D eigenvalue weighted by Gasteiger charge is 2.14. The van der Waals surface area contributed by atoms with E-state index in [1.54, 1.807) is 0 Å². The Hall–Kier alpha value is -2.38. The van der Waals surface area contributed by atoms with Gasteiger partial charge in [-0.05, 0) is 18.1 Å². The summed E-state index contributed by atoms with van der Waals surface area (Å²) in [6.45, 7) is 4.89. The van der Waals surface area contributed by atoms with Crippen molar-refractivity contribution in [2.45, 2.75) is 19.6 Å². The number of rotatable bonds is 5. The van der Waals surface area contributed by atoms with Gasteiger partial charge in [-0.3, -0.25) is 9.69 Å². The molecule has 0 radical (unpaired) electrons. The van der Waals surface area contributed by atoms with Gasteiger partial charge in [-0.25, -0.2) is 4.98 Å². The Labute approximate surface area is 145 Å². The fraction of sp³-hybridized carbons (Fsp3) is 0.444. The van der Waals surface area contributed by atoms with Gasteiger partial charge in [0.15, 0.2) is 0 Å².